The molecule has 1 unspecified atom stereocenters. The van der Waals surface area contributed by atoms with Crippen molar-refractivity contribution in [1.82, 2.24) is 4.98 Å². The van der Waals surface area contributed by atoms with Crippen molar-refractivity contribution in [2.24, 2.45) is 0 Å². The molecule has 3 rings (SSSR count). The molecule has 1 N–H and O–H groups in total. The monoisotopic (exact) mass is 512 g/mol. The number of aryl methyl sites for hydroxylation is 1. The third kappa shape index (κ3) is 7.45. The van der Waals surface area contributed by atoms with Gasteiger partial charge in [-0.15, -0.1) is 35.3 Å². The Morgan fingerprint density at radius 3 is 2.44 bits per heavy atom. The quantitative estimate of drug-likeness (QED) is 0.199. The summed E-state index contributed by atoms with van der Waals surface area (Å²) >= 11 is 4.79. The van der Waals surface area contributed by atoms with Crippen molar-refractivity contribution in [2.45, 2.75) is 47.6 Å². The lowest BCUT2D eigenvalue weighted by molar-refractivity contribution is -0.115. The average molecular weight is 513 g/mol. The normalized spacial score (nSPS) is 11.8. The van der Waals surface area contributed by atoms with Crippen molar-refractivity contribution < 1.29 is 9.53 Å². The van der Waals surface area contributed by atoms with Crippen LogP contribution in [-0.2, 0) is 10.5 Å². The van der Waals surface area contributed by atoms with E-state index in [0.717, 1.165) is 51.2 Å². The Morgan fingerprint density at radius 2 is 1.79 bits per heavy atom. The number of rotatable bonds is 12. The van der Waals surface area contributed by atoms with E-state index >= 15 is 0 Å². The molecule has 4 nitrogen and oxygen atoms in total. The molecule has 1 heterocycles. The third-order valence-electron chi connectivity index (χ3n) is 5.19. The number of pyridine rings is 1. The highest BCUT2D eigenvalue weighted by molar-refractivity contribution is 8.00. The molecule has 180 valence electrons. The standard InChI is InChI=1S/C27H32N2O2S3/c1-5-6-16-31-22-14-12-21(13-15-22)25(34-18-20-10-8-7-9-11-20)26(30)29-24-23(32-3)17-19(2)28-27(24)33-4/h7-15,17,25H,5-6,16,18H2,1-4H3,(H,29,30). The van der Waals surface area contributed by atoms with Gasteiger partial charge in [0.15, 0.2) is 0 Å². The van der Waals surface area contributed by atoms with Crippen LogP contribution in [0.2, 0.25) is 0 Å². The molecule has 0 bridgehead atoms. The first-order valence-corrected chi connectivity index (χ1v) is 14.8. The Balaban J connectivity index is 1.85. The van der Waals surface area contributed by atoms with E-state index in [9.17, 15) is 4.79 Å². The SMILES string of the molecule is CCCCOc1ccc(C(SCc2ccccc2)C(=O)Nc2c(SC)cc(C)nc2SC)cc1. The van der Waals surface area contributed by atoms with Gasteiger partial charge in [0.25, 0.3) is 0 Å². The number of hydrogen-bond donors (Lipinski definition) is 1. The number of nitrogens with zero attached hydrogens (tertiary/aromatic N) is 1. The first-order valence-electron chi connectivity index (χ1n) is 11.3. The number of carbonyl (C=O) groups excluding carboxylic acids is 1. The number of unbranched alkanes of at least 4 members (excludes halogenated alkanes) is 1. The average Bonchev–Trinajstić information content (AvgIpc) is 2.86. The zero-order chi connectivity index (χ0) is 24.3. The lowest BCUT2D eigenvalue weighted by atomic mass is 10.1. The molecule has 0 radical (unpaired) electrons. The summed E-state index contributed by atoms with van der Waals surface area (Å²) in [4.78, 5) is 19.3. The van der Waals surface area contributed by atoms with Gasteiger partial charge >= 0.3 is 0 Å². The summed E-state index contributed by atoms with van der Waals surface area (Å²) in [6, 6.07) is 20.2. The van der Waals surface area contributed by atoms with Crippen molar-refractivity contribution in [1.29, 1.82) is 0 Å². The van der Waals surface area contributed by atoms with Gasteiger partial charge in [0.2, 0.25) is 5.91 Å². The molecule has 1 amide bonds. The van der Waals surface area contributed by atoms with Crippen LogP contribution in [0.3, 0.4) is 0 Å². The van der Waals surface area contributed by atoms with Gasteiger partial charge in [-0.2, -0.15) is 0 Å². The van der Waals surface area contributed by atoms with Crippen LogP contribution in [0, 0.1) is 6.92 Å². The van der Waals surface area contributed by atoms with E-state index in [2.05, 4.69) is 29.4 Å². The number of ether oxygens (including phenoxy) is 1. The van der Waals surface area contributed by atoms with Crippen molar-refractivity contribution in [3.63, 3.8) is 0 Å². The molecule has 0 spiro atoms. The molecule has 2 aromatic carbocycles. The number of benzene rings is 2. The second-order valence-electron chi connectivity index (χ2n) is 7.79. The molecular formula is C27H32N2O2S3. The van der Waals surface area contributed by atoms with E-state index in [0.29, 0.717) is 6.61 Å². The van der Waals surface area contributed by atoms with E-state index in [1.807, 2.05) is 68.0 Å². The maximum absolute atomic E-state index is 13.6. The van der Waals surface area contributed by atoms with Crippen LogP contribution in [0.25, 0.3) is 0 Å². The van der Waals surface area contributed by atoms with Gasteiger partial charge in [0.1, 0.15) is 16.0 Å². The molecule has 34 heavy (non-hydrogen) atoms. The Hall–Kier alpha value is -2.09. The number of nitrogens with one attached hydrogen (secondary N) is 1. The van der Waals surface area contributed by atoms with Gasteiger partial charge in [-0.05, 0) is 55.2 Å². The van der Waals surface area contributed by atoms with Gasteiger partial charge in [-0.1, -0.05) is 55.8 Å². The van der Waals surface area contributed by atoms with Crippen LogP contribution in [0.5, 0.6) is 5.75 Å². The summed E-state index contributed by atoms with van der Waals surface area (Å²) < 4.78 is 5.82. The summed E-state index contributed by atoms with van der Waals surface area (Å²) in [5.41, 5.74) is 3.88. The number of anilines is 1. The Morgan fingerprint density at radius 1 is 1.06 bits per heavy atom. The van der Waals surface area contributed by atoms with Crippen molar-refractivity contribution in [3.8, 4) is 5.75 Å². The Kier molecular flexibility index (Phi) is 10.7. The maximum Gasteiger partial charge on any atom is 0.242 e. The molecular weight excluding hydrogens is 481 g/mol. The highest BCUT2D eigenvalue weighted by atomic mass is 32.2. The summed E-state index contributed by atoms with van der Waals surface area (Å²) in [7, 11) is 0. The summed E-state index contributed by atoms with van der Waals surface area (Å²) in [6.07, 6.45) is 6.13. The molecule has 0 aliphatic carbocycles. The highest BCUT2D eigenvalue weighted by Gasteiger charge is 2.24. The Bertz CT molecular complexity index is 1030. The molecule has 7 heteroatoms. The van der Waals surface area contributed by atoms with E-state index in [4.69, 9.17) is 4.74 Å². The van der Waals surface area contributed by atoms with Gasteiger partial charge in [-0.3, -0.25) is 4.79 Å². The van der Waals surface area contributed by atoms with Crippen molar-refractivity contribution in [2.75, 3.05) is 24.4 Å². The highest BCUT2D eigenvalue weighted by Crippen LogP contribution is 2.38. The number of amides is 1. The molecule has 1 aromatic heterocycles. The van der Waals surface area contributed by atoms with Crippen molar-refractivity contribution in [3.05, 3.63) is 77.5 Å². The van der Waals surface area contributed by atoms with Crippen LogP contribution < -0.4 is 10.1 Å². The van der Waals surface area contributed by atoms with Gasteiger partial charge in [-0.25, -0.2) is 4.98 Å². The number of aromatic nitrogens is 1. The summed E-state index contributed by atoms with van der Waals surface area (Å²) in [5.74, 6) is 1.53. The topological polar surface area (TPSA) is 51.2 Å². The lowest BCUT2D eigenvalue weighted by Gasteiger charge is -2.20. The van der Waals surface area contributed by atoms with Gasteiger partial charge < -0.3 is 10.1 Å². The first kappa shape index (κ1) is 26.5. The second-order valence-corrected chi connectivity index (χ2v) is 10.5. The van der Waals surface area contributed by atoms with E-state index in [-0.39, 0.29) is 11.2 Å². The molecule has 0 saturated heterocycles. The minimum Gasteiger partial charge on any atom is -0.494 e. The summed E-state index contributed by atoms with van der Waals surface area (Å²) in [6.45, 7) is 4.83. The molecule has 0 saturated carbocycles. The zero-order valence-electron chi connectivity index (χ0n) is 20.2. The minimum absolute atomic E-state index is 0.0446. The van der Waals surface area contributed by atoms with Crippen LogP contribution in [0.15, 0.2) is 70.6 Å². The molecule has 0 aliphatic heterocycles. The fraction of sp³-hybridized carbons (Fsp3) is 0.333. The second kappa shape index (κ2) is 13.7. The Labute approximate surface area is 216 Å². The molecule has 1 atom stereocenters. The third-order valence-corrected chi connectivity index (χ3v) is 7.95. The minimum atomic E-state index is -0.365. The van der Waals surface area contributed by atoms with Crippen LogP contribution in [0.4, 0.5) is 5.69 Å². The van der Waals surface area contributed by atoms with Crippen molar-refractivity contribution >= 4 is 46.9 Å². The van der Waals surface area contributed by atoms with Crippen LogP contribution >= 0.6 is 35.3 Å². The van der Waals surface area contributed by atoms with E-state index in [1.165, 1.54) is 5.56 Å². The largest absolute Gasteiger partial charge is 0.494 e. The lowest BCUT2D eigenvalue weighted by Crippen LogP contribution is -2.20. The maximum atomic E-state index is 13.6. The predicted molar refractivity (Wildman–Crippen MR) is 148 cm³/mol. The van der Waals surface area contributed by atoms with Crippen LogP contribution in [-0.4, -0.2) is 30.0 Å². The van der Waals surface area contributed by atoms with Gasteiger partial charge in [0, 0.05) is 16.3 Å². The number of carbonyl (C=O) groups is 1. The summed E-state index contributed by atoms with van der Waals surface area (Å²) in [5, 5.41) is 3.68. The fourth-order valence-electron chi connectivity index (χ4n) is 3.38. The fourth-order valence-corrected chi connectivity index (χ4v) is 5.80. The first-order chi connectivity index (χ1) is 16.5. The van der Waals surface area contributed by atoms with Crippen LogP contribution in [0.1, 0.15) is 41.8 Å². The van der Waals surface area contributed by atoms with E-state index < -0.39 is 0 Å². The molecule has 3 aromatic rings. The van der Waals surface area contributed by atoms with E-state index in [1.54, 1.807) is 35.3 Å². The molecule has 0 aliphatic rings. The number of hydrogen-bond acceptors (Lipinski definition) is 6. The molecule has 0 fully saturated rings. The zero-order valence-corrected chi connectivity index (χ0v) is 22.6. The smallest absolute Gasteiger partial charge is 0.242 e. The van der Waals surface area contributed by atoms with Gasteiger partial charge in [0.05, 0.1) is 12.3 Å². The predicted octanol–water partition coefficient (Wildman–Crippen LogP) is 7.63. The number of thioether (sulfide) groups is 3.